The number of hydrogen-bond donors (Lipinski definition) is 1. The zero-order chi connectivity index (χ0) is 14.9. The zero-order valence-corrected chi connectivity index (χ0v) is 12.9. The molecule has 0 aromatic carbocycles. The van der Waals surface area contributed by atoms with Crippen molar-refractivity contribution < 1.29 is 14.7 Å². The lowest BCUT2D eigenvalue weighted by atomic mass is 9.98. The standard InChI is InChI=1S/C14H20N2O3S/c1-14(2,3)13-15-9(8-20-13)11(17)16-7-5-4-6-10(16)12(18)19/h8,10H,4-7H2,1-3H3,(H,18,19). The molecule has 2 heterocycles. The molecule has 0 radical (unpaired) electrons. The average molecular weight is 296 g/mol. The van der Waals surface area contributed by atoms with Crippen LogP contribution in [0.4, 0.5) is 0 Å². The van der Waals surface area contributed by atoms with E-state index in [0.29, 0.717) is 18.7 Å². The first-order valence-corrected chi connectivity index (χ1v) is 7.68. The molecule has 110 valence electrons. The van der Waals surface area contributed by atoms with Gasteiger partial charge < -0.3 is 10.0 Å². The molecule has 1 atom stereocenters. The van der Waals surface area contributed by atoms with Gasteiger partial charge in [0, 0.05) is 17.3 Å². The van der Waals surface area contributed by atoms with Crippen LogP contribution >= 0.6 is 11.3 Å². The molecule has 1 aliphatic rings. The number of aromatic nitrogens is 1. The second-order valence-corrected chi connectivity index (χ2v) is 6.99. The lowest BCUT2D eigenvalue weighted by molar-refractivity contribution is -0.143. The van der Waals surface area contributed by atoms with Crippen LogP contribution in [-0.4, -0.2) is 39.5 Å². The van der Waals surface area contributed by atoms with E-state index >= 15 is 0 Å². The monoisotopic (exact) mass is 296 g/mol. The van der Waals surface area contributed by atoms with Crippen LogP contribution in [0.5, 0.6) is 0 Å². The first-order chi connectivity index (χ1) is 9.30. The highest BCUT2D eigenvalue weighted by Crippen LogP contribution is 2.27. The van der Waals surface area contributed by atoms with E-state index in [9.17, 15) is 14.7 Å². The second-order valence-electron chi connectivity index (χ2n) is 6.14. The maximum absolute atomic E-state index is 12.5. The van der Waals surface area contributed by atoms with Crippen LogP contribution < -0.4 is 0 Å². The smallest absolute Gasteiger partial charge is 0.326 e. The van der Waals surface area contributed by atoms with Gasteiger partial charge in [0.2, 0.25) is 0 Å². The van der Waals surface area contributed by atoms with E-state index in [1.165, 1.54) is 16.2 Å². The molecule has 0 saturated carbocycles. The van der Waals surface area contributed by atoms with Crippen LogP contribution in [0.25, 0.3) is 0 Å². The van der Waals surface area contributed by atoms with E-state index < -0.39 is 12.0 Å². The number of carbonyl (C=O) groups is 2. The SMILES string of the molecule is CC(C)(C)c1nc(C(=O)N2CCCCC2C(=O)O)cs1. The van der Waals surface area contributed by atoms with Gasteiger partial charge in [0.15, 0.2) is 0 Å². The molecule has 1 aromatic heterocycles. The van der Waals surface area contributed by atoms with Crippen LogP contribution in [-0.2, 0) is 10.2 Å². The molecule has 6 heteroatoms. The third-order valence-electron chi connectivity index (χ3n) is 3.41. The molecule has 1 saturated heterocycles. The van der Waals surface area contributed by atoms with Crippen molar-refractivity contribution >= 4 is 23.2 Å². The summed E-state index contributed by atoms with van der Waals surface area (Å²) in [4.78, 5) is 29.6. The van der Waals surface area contributed by atoms with Gasteiger partial charge in [-0.15, -0.1) is 11.3 Å². The Balaban J connectivity index is 2.21. The first kappa shape index (κ1) is 15.0. The predicted molar refractivity (Wildman–Crippen MR) is 77.1 cm³/mol. The predicted octanol–water partition coefficient (Wildman–Crippen LogP) is 2.52. The summed E-state index contributed by atoms with van der Waals surface area (Å²) < 4.78 is 0. The molecule has 1 aromatic rings. The topological polar surface area (TPSA) is 70.5 Å². The van der Waals surface area contributed by atoms with Crippen molar-refractivity contribution in [3.05, 3.63) is 16.1 Å². The molecule has 0 aliphatic carbocycles. The van der Waals surface area contributed by atoms with Crippen molar-refractivity contribution in [3.63, 3.8) is 0 Å². The van der Waals surface area contributed by atoms with Gasteiger partial charge in [-0.25, -0.2) is 9.78 Å². The zero-order valence-electron chi connectivity index (χ0n) is 12.0. The molecule has 1 aliphatic heterocycles. The van der Waals surface area contributed by atoms with Crippen LogP contribution in [0.2, 0.25) is 0 Å². The molecule has 1 fully saturated rings. The van der Waals surface area contributed by atoms with E-state index in [2.05, 4.69) is 4.98 Å². The summed E-state index contributed by atoms with van der Waals surface area (Å²) in [6.45, 7) is 6.63. The van der Waals surface area contributed by atoms with Gasteiger partial charge in [-0.05, 0) is 19.3 Å². The highest BCUT2D eigenvalue weighted by atomic mass is 32.1. The van der Waals surface area contributed by atoms with Gasteiger partial charge in [0.1, 0.15) is 11.7 Å². The highest BCUT2D eigenvalue weighted by Gasteiger charge is 2.33. The van der Waals surface area contributed by atoms with Crippen molar-refractivity contribution in [2.75, 3.05) is 6.54 Å². The summed E-state index contributed by atoms with van der Waals surface area (Å²) >= 11 is 1.45. The molecule has 2 rings (SSSR count). The number of rotatable bonds is 2. The Labute approximate surface area is 122 Å². The Morgan fingerprint density at radius 3 is 2.65 bits per heavy atom. The van der Waals surface area contributed by atoms with Gasteiger partial charge in [0.25, 0.3) is 5.91 Å². The summed E-state index contributed by atoms with van der Waals surface area (Å²) in [6, 6.07) is -0.712. The number of likely N-dealkylation sites (tertiary alicyclic amines) is 1. The third kappa shape index (κ3) is 3.00. The number of carbonyl (C=O) groups excluding carboxylic acids is 1. The van der Waals surface area contributed by atoms with Crippen LogP contribution in [0, 0.1) is 0 Å². The van der Waals surface area contributed by atoms with E-state index in [1.807, 2.05) is 20.8 Å². The minimum absolute atomic E-state index is 0.0999. The lowest BCUT2D eigenvalue weighted by Gasteiger charge is -2.32. The second kappa shape index (κ2) is 5.52. The van der Waals surface area contributed by atoms with Crippen LogP contribution in [0.1, 0.15) is 55.5 Å². The fraction of sp³-hybridized carbons (Fsp3) is 0.643. The van der Waals surface area contributed by atoms with Gasteiger partial charge in [-0.2, -0.15) is 0 Å². The first-order valence-electron chi connectivity index (χ1n) is 6.80. The van der Waals surface area contributed by atoms with Crippen molar-refractivity contribution in [1.29, 1.82) is 0 Å². The Kier molecular flexibility index (Phi) is 4.13. The highest BCUT2D eigenvalue weighted by molar-refractivity contribution is 7.10. The lowest BCUT2D eigenvalue weighted by Crippen LogP contribution is -2.48. The Bertz CT molecular complexity index is 519. The van der Waals surface area contributed by atoms with Gasteiger partial charge in [-0.3, -0.25) is 4.79 Å². The Morgan fingerprint density at radius 2 is 2.10 bits per heavy atom. The van der Waals surface area contributed by atoms with E-state index in [-0.39, 0.29) is 11.3 Å². The maximum Gasteiger partial charge on any atom is 0.326 e. The number of amides is 1. The normalized spacial score (nSPS) is 19.9. The Hall–Kier alpha value is -1.43. The molecule has 0 spiro atoms. The number of carboxylic acids is 1. The Morgan fingerprint density at radius 1 is 1.40 bits per heavy atom. The molecule has 0 bridgehead atoms. The quantitative estimate of drug-likeness (QED) is 0.910. The average Bonchev–Trinajstić information content (AvgIpc) is 2.87. The largest absolute Gasteiger partial charge is 0.480 e. The summed E-state index contributed by atoms with van der Waals surface area (Å²) in [7, 11) is 0. The minimum Gasteiger partial charge on any atom is -0.480 e. The van der Waals surface area contributed by atoms with E-state index in [1.54, 1.807) is 5.38 Å². The van der Waals surface area contributed by atoms with E-state index in [4.69, 9.17) is 0 Å². The van der Waals surface area contributed by atoms with Crippen LogP contribution in [0.3, 0.4) is 0 Å². The van der Waals surface area contributed by atoms with E-state index in [0.717, 1.165) is 17.8 Å². The third-order valence-corrected chi connectivity index (χ3v) is 4.68. The number of aliphatic carboxylic acids is 1. The fourth-order valence-corrected chi connectivity index (χ4v) is 3.18. The summed E-state index contributed by atoms with van der Waals surface area (Å²) in [5, 5.41) is 11.9. The van der Waals surface area contributed by atoms with Gasteiger partial charge in [-0.1, -0.05) is 20.8 Å². The van der Waals surface area contributed by atoms with Crippen molar-refractivity contribution in [2.24, 2.45) is 0 Å². The number of piperidine rings is 1. The van der Waals surface area contributed by atoms with Crippen molar-refractivity contribution in [3.8, 4) is 0 Å². The molecule has 1 unspecified atom stereocenters. The van der Waals surface area contributed by atoms with Crippen LogP contribution in [0.15, 0.2) is 5.38 Å². The molecule has 1 amide bonds. The molecular formula is C14H20N2O3S. The number of carboxylic acid groups (broad SMARTS) is 1. The molecule has 5 nitrogen and oxygen atoms in total. The molecule has 20 heavy (non-hydrogen) atoms. The summed E-state index contributed by atoms with van der Waals surface area (Å²) in [5.74, 6) is -1.19. The summed E-state index contributed by atoms with van der Waals surface area (Å²) in [5.41, 5.74) is 0.269. The summed E-state index contributed by atoms with van der Waals surface area (Å²) in [6.07, 6.45) is 2.23. The van der Waals surface area contributed by atoms with Gasteiger partial charge >= 0.3 is 5.97 Å². The molecular weight excluding hydrogens is 276 g/mol. The number of thiazole rings is 1. The number of hydrogen-bond acceptors (Lipinski definition) is 4. The molecule has 1 N–H and O–H groups in total. The minimum atomic E-state index is -0.927. The van der Waals surface area contributed by atoms with Gasteiger partial charge in [0.05, 0.1) is 5.01 Å². The van der Waals surface area contributed by atoms with Crippen molar-refractivity contribution in [1.82, 2.24) is 9.88 Å². The van der Waals surface area contributed by atoms with Crippen molar-refractivity contribution in [2.45, 2.75) is 51.5 Å². The maximum atomic E-state index is 12.5. The fourth-order valence-electron chi connectivity index (χ4n) is 2.29. The number of nitrogens with zero attached hydrogens (tertiary/aromatic N) is 2.